The molecular formula is C57H110O6. The zero-order valence-electron chi connectivity index (χ0n) is 43.4. The van der Waals surface area contributed by atoms with Gasteiger partial charge in [0.05, 0.1) is 0 Å². The summed E-state index contributed by atoms with van der Waals surface area (Å²) >= 11 is 0. The van der Waals surface area contributed by atoms with E-state index in [1.54, 1.807) is 0 Å². The van der Waals surface area contributed by atoms with E-state index >= 15 is 0 Å². The standard InChI is InChI=1S/C57H110O6/c1-51(2)43-37-31-25-20-16-13-11-9-7-8-10-12-14-18-22-28-34-40-46-55(58)61-49-54(50-62-56(59)47-41-35-30-24-27-33-39-45-53(5)6)63-57(60)48-42-36-29-23-19-15-17-21-26-32-38-44-52(3)4/h51-54H,7-50H2,1-6H3/t54-/m0/s1. The molecule has 63 heavy (non-hydrogen) atoms. The third-order valence-corrected chi connectivity index (χ3v) is 12.9. The van der Waals surface area contributed by atoms with Crippen LogP contribution in [0, 0.1) is 17.8 Å². The predicted molar refractivity (Wildman–Crippen MR) is 270 cm³/mol. The van der Waals surface area contributed by atoms with Gasteiger partial charge in [0.2, 0.25) is 0 Å². The number of esters is 3. The number of hydrogen-bond donors (Lipinski definition) is 0. The highest BCUT2D eigenvalue weighted by Gasteiger charge is 2.19. The summed E-state index contributed by atoms with van der Waals surface area (Å²) in [7, 11) is 0. The maximum atomic E-state index is 12.8. The molecular weight excluding hydrogens is 781 g/mol. The van der Waals surface area contributed by atoms with Gasteiger partial charge in [-0.1, -0.05) is 273 Å². The average molecular weight is 892 g/mol. The van der Waals surface area contributed by atoms with E-state index in [9.17, 15) is 14.4 Å². The first-order valence-corrected chi connectivity index (χ1v) is 28.1. The van der Waals surface area contributed by atoms with Crippen molar-refractivity contribution in [2.45, 2.75) is 317 Å². The molecule has 0 spiro atoms. The van der Waals surface area contributed by atoms with Crippen LogP contribution < -0.4 is 0 Å². The van der Waals surface area contributed by atoms with Gasteiger partial charge in [-0.2, -0.15) is 0 Å². The molecule has 0 aliphatic heterocycles. The first kappa shape index (κ1) is 61.4. The number of carbonyl (C=O) groups is 3. The van der Waals surface area contributed by atoms with E-state index < -0.39 is 6.10 Å². The van der Waals surface area contributed by atoms with Crippen LogP contribution in [0.4, 0.5) is 0 Å². The van der Waals surface area contributed by atoms with E-state index in [2.05, 4.69) is 41.5 Å². The third kappa shape index (κ3) is 51.3. The summed E-state index contributed by atoms with van der Waals surface area (Å²) in [5.74, 6) is 1.62. The van der Waals surface area contributed by atoms with E-state index in [0.29, 0.717) is 19.3 Å². The van der Waals surface area contributed by atoms with Gasteiger partial charge in [-0.05, 0) is 37.0 Å². The van der Waals surface area contributed by atoms with Crippen LogP contribution >= 0.6 is 0 Å². The number of ether oxygens (including phenoxy) is 3. The SMILES string of the molecule is CC(C)CCCCCCCCCCCCCCCCCCCCC(=O)OC[C@@H](COC(=O)CCCCCCCCCC(C)C)OC(=O)CCCCCCCCCCCCCC(C)C. The summed E-state index contributed by atoms with van der Waals surface area (Å²) in [4.78, 5) is 38.0. The molecule has 0 aromatic carbocycles. The predicted octanol–water partition coefficient (Wildman–Crippen LogP) is 18.3. The minimum absolute atomic E-state index is 0.0644. The summed E-state index contributed by atoms with van der Waals surface area (Å²) < 4.78 is 16.8. The van der Waals surface area contributed by atoms with Gasteiger partial charge < -0.3 is 14.2 Å². The Hall–Kier alpha value is -1.59. The molecule has 0 rings (SSSR count). The fourth-order valence-electron chi connectivity index (χ4n) is 8.65. The summed E-state index contributed by atoms with van der Waals surface area (Å²) in [6.45, 7) is 13.7. The van der Waals surface area contributed by atoms with E-state index in [1.165, 1.54) is 193 Å². The Morgan fingerprint density at radius 3 is 0.683 bits per heavy atom. The molecule has 0 unspecified atom stereocenters. The van der Waals surface area contributed by atoms with Gasteiger partial charge in [-0.3, -0.25) is 14.4 Å². The lowest BCUT2D eigenvalue weighted by Crippen LogP contribution is -2.30. The van der Waals surface area contributed by atoms with Gasteiger partial charge in [0.1, 0.15) is 13.2 Å². The Bertz CT molecular complexity index is 976. The van der Waals surface area contributed by atoms with Gasteiger partial charge in [0, 0.05) is 19.3 Å². The molecule has 0 amide bonds. The van der Waals surface area contributed by atoms with Crippen LogP contribution in [0.5, 0.6) is 0 Å². The lowest BCUT2D eigenvalue weighted by molar-refractivity contribution is -0.167. The number of hydrogen-bond acceptors (Lipinski definition) is 6. The van der Waals surface area contributed by atoms with Crippen molar-refractivity contribution in [2.24, 2.45) is 17.8 Å². The Morgan fingerprint density at radius 1 is 0.270 bits per heavy atom. The highest BCUT2D eigenvalue weighted by Crippen LogP contribution is 2.18. The molecule has 0 N–H and O–H groups in total. The fourth-order valence-corrected chi connectivity index (χ4v) is 8.65. The third-order valence-electron chi connectivity index (χ3n) is 12.9. The molecule has 6 nitrogen and oxygen atoms in total. The van der Waals surface area contributed by atoms with Gasteiger partial charge in [-0.15, -0.1) is 0 Å². The van der Waals surface area contributed by atoms with Crippen LogP contribution in [-0.4, -0.2) is 37.2 Å². The van der Waals surface area contributed by atoms with Crippen molar-refractivity contribution >= 4 is 17.9 Å². The molecule has 6 heteroatoms. The van der Waals surface area contributed by atoms with Crippen molar-refractivity contribution in [3.63, 3.8) is 0 Å². The molecule has 0 saturated carbocycles. The fraction of sp³-hybridized carbons (Fsp3) is 0.947. The van der Waals surface area contributed by atoms with Crippen LogP contribution in [0.15, 0.2) is 0 Å². The highest BCUT2D eigenvalue weighted by molar-refractivity contribution is 5.71. The van der Waals surface area contributed by atoms with Crippen LogP contribution in [0.25, 0.3) is 0 Å². The molecule has 0 aromatic heterocycles. The molecule has 0 fully saturated rings. The quantitative estimate of drug-likeness (QED) is 0.0344. The van der Waals surface area contributed by atoms with Gasteiger partial charge in [-0.25, -0.2) is 0 Å². The number of rotatable bonds is 50. The van der Waals surface area contributed by atoms with Gasteiger partial charge in [0.15, 0.2) is 6.10 Å². The van der Waals surface area contributed by atoms with Crippen LogP contribution in [0.3, 0.4) is 0 Å². The normalized spacial score (nSPS) is 12.1. The van der Waals surface area contributed by atoms with Crippen LogP contribution in [0.1, 0.15) is 311 Å². The molecule has 0 heterocycles. The molecule has 0 bridgehead atoms. The van der Waals surface area contributed by atoms with E-state index in [4.69, 9.17) is 14.2 Å². The minimum atomic E-state index is -0.763. The Kier molecular flexibility index (Phi) is 47.1. The monoisotopic (exact) mass is 891 g/mol. The second-order valence-electron chi connectivity index (χ2n) is 21.0. The lowest BCUT2D eigenvalue weighted by Gasteiger charge is -2.18. The number of carbonyl (C=O) groups excluding carboxylic acids is 3. The zero-order valence-corrected chi connectivity index (χ0v) is 43.4. The van der Waals surface area contributed by atoms with E-state index in [0.717, 1.165) is 75.5 Å². The lowest BCUT2D eigenvalue weighted by atomic mass is 10.0. The summed E-state index contributed by atoms with van der Waals surface area (Å²) in [5, 5.41) is 0. The highest BCUT2D eigenvalue weighted by atomic mass is 16.6. The second-order valence-corrected chi connectivity index (χ2v) is 21.0. The molecule has 0 aliphatic rings. The van der Waals surface area contributed by atoms with Crippen molar-refractivity contribution in [1.82, 2.24) is 0 Å². The van der Waals surface area contributed by atoms with E-state index in [1.807, 2.05) is 0 Å². The molecule has 374 valence electrons. The van der Waals surface area contributed by atoms with Crippen molar-refractivity contribution in [3.8, 4) is 0 Å². The average Bonchev–Trinajstić information content (AvgIpc) is 3.24. The van der Waals surface area contributed by atoms with Crippen molar-refractivity contribution in [3.05, 3.63) is 0 Å². The Morgan fingerprint density at radius 2 is 0.460 bits per heavy atom. The van der Waals surface area contributed by atoms with Crippen molar-refractivity contribution < 1.29 is 28.6 Å². The maximum absolute atomic E-state index is 12.8. The van der Waals surface area contributed by atoms with Crippen molar-refractivity contribution in [1.29, 1.82) is 0 Å². The largest absolute Gasteiger partial charge is 0.462 e. The molecule has 0 radical (unpaired) electrons. The molecule has 1 atom stereocenters. The summed E-state index contributed by atoms with van der Waals surface area (Å²) in [6.07, 6.45) is 49.7. The number of unbranched alkanes of at least 4 members (excludes halogenated alkanes) is 33. The smallest absolute Gasteiger partial charge is 0.306 e. The first-order valence-electron chi connectivity index (χ1n) is 28.1. The van der Waals surface area contributed by atoms with E-state index in [-0.39, 0.29) is 31.1 Å². The molecule has 0 saturated heterocycles. The Balaban J connectivity index is 4.21. The zero-order chi connectivity index (χ0) is 46.3. The molecule has 0 aromatic rings. The topological polar surface area (TPSA) is 78.9 Å². The minimum Gasteiger partial charge on any atom is -0.462 e. The van der Waals surface area contributed by atoms with Crippen molar-refractivity contribution in [2.75, 3.05) is 13.2 Å². The Labute approximate surface area is 393 Å². The van der Waals surface area contributed by atoms with Crippen LogP contribution in [-0.2, 0) is 28.6 Å². The maximum Gasteiger partial charge on any atom is 0.306 e. The van der Waals surface area contributed by atoms with Gasteiger partial charge in [0.25, 0.3) is 0 Å². The van der Waals surface area contributed by atoms with Crippen LogP contribution in [0.2, 0.25) is 0 Å². The van der Waals surface area contributed by atoms with Gasteiger partial charge >= 0.3 is 17.9 Å². The first-order chi connectivity index (χ1) is 30.6. The molecule has 0 aliphatic carbocycles. The summed E-state index contributed by atoms with van der Waals surface area (Å²) in [6, 6.07) is 0. The second kappa shape index (κ2) is 48.3. The summed E-state index contributed by atoms with van der Waals surface area (Å²) in [5.41, 5.74) is 0.